The molecule has 0 saturated carbocycles. The Balaban J connectivity index is 2.03. The molecule has 2 aromatic rings. The number of amidine groups is 1. The molecule has 5 nitrogen and oxygen atoms in total. The van der Waals surface area contributed by atoms with Crippen LogP contribution >= 0.6 is 0 Å². The van der Waals surface area contributed by atoms with Crippen LogP contribution in [0.2, 0.25) is 0 Å². The summed E-state index contributed by atoms with van der Waals surface area (Å²) >= 11 is 0. The maximum atomic E-state index is 10.4. The minimum absolute atomic E-state index is 0.241. The van der Waals surface area contributed by atoms with E-state index in [9.17, 15) is 5.21 Å². The number of hydroxylamine groups is 2. The molecule has 1 unspecified atom stereocenters. The summed E-state index contributed by atoms with van der Waals surface area (Å²) in [5, 5.41) is 19.9. The Morgan fingerprint density at radius 1 is 1.15 bits per heavy atom. The van der Waals surface area contributed by atoms with Crippen LogP contribution in [0.4, 0.5) is 0 Å². The number of furan rings is 1. The van der Waals surface area contributed by atoms with E-state index in [1.165, 1.54) is 0 Å². The summed E-state index contributed by atoms with van der Waals surface area (Å²) in [6.07, 6.45) is 2.26. The third-order valence-electron chi connectivity index (χ3n) is 3.28. The molecule has 1 aromatic heterocycles. The van der Waals surface area contributed by atoms with E-state index in [1.807, 2.05) is 37.3 Å². The first-order valence-electron chi connectivity index (χ1n) is 6.54. The summed E-state index contributed by atoms with van der Waals surface area (Å²) in [6.45, 7) is 2.00. The summed E-state index contributed by atoms with van der Waals surface area (Å²) in [6, 6.07) is 13.0. The minimum atomic E-state index is -0.241. The lowest BCUT2D eigenvalue weighted by Gasteiger charge is -2.30. The third-order valence-corrected chi connectivity index (χ3v) is 3.28. The van der Waals surface area contributed by atoms with Crippen LogP contribution < -0.4 is 0 Å². The van der Waals surface area contributed by atoms with Crippen molar-refractivity contribution in [2.45, 2.75) is 19.4 Å². The molecule has 0 aliphatic carbocycles. The summed E-state index contributed by atoms with van der Waals surface area (Å²) < 4.78 is 5.28. The molecular weight excluding hydrogens is 254 g/mol. The van der Waals surface area contributed by atoms with Crippen LogP contribution in [-0.4, -0.2) is 27.9 Å². The Labute approximate surface area is 116 Å². The van der Waals surface area contributed by atoms with Gasteiger partial charge in [0.15, 0.2) is 5.76 Å². The van der Waals surface area contributed by atoms with Crippen LogP contribution in [-0.2, 0) is 0 Å². The smallest absolute Gasteiger partial charge is 0.218 e. The number of hydrogen-bond donors (Lipinski definition) is 1. The Morgan fingerprint density at radius 3 is 2.60 bits per heavy atom. The number of hydrogen-bond acceptors (Lipinski definition) is 5. The van der Waals surface area contributed by atoms with Gasteiger partial charge in [-0.15, -0.1) is 5.10 Å². The molecule has 2 heterocycles. The molecule has 5 heteroatoms. The van der Waals surface area contributed by atoms with Gasteiger partial charge in [0.1, 0.15) is 6.04 Å². The highest BCUT2D eigenvalue weighted by atomic mass is 16.5. The van der Waals surface area contributed by atoms with Crippen molar-refractivity contribution in [2.75, 3.05) is 0 Å². The predicted octanol–water partition coefficient (Wildman–Crippen LogP) is 2.91. The van der Waals surface area contributed by atoms with E-state index in [-0.39, 0.29) is 6.04 Å². The summed E-state index contributed by atoms with van der Waals surface area (Å²) in [5.74, 6) is 0.836. The van der Waals surface area contributed by atoms with Gasteiger partial charge in [0.2, 0.25) is 5.84 Å². The zero-order valence-electron chi connectivity index (χ0n) is 11.1. The highest BCUT2D eigenvalue weighted by molar-refractivity contribution is 6.09. The molecule has 1 atom stereocenters. The highest BCUT2D eigenvalue weighted by Crippen LogP contribution is 2.20. The average molecular weight is 269 g/mol. The predicted molar refractivity (Wildman–Crippen MR) is 75.9 cm³/mol. The quantitative estimate of drug-likeness (QED) is 0.931. The zero-order valence-corrected chi connectivity index (χ0v) is 11.1. The largest absolute Gasteiger partial charge is 0.461 e. The third kappa shape index (κ3) is 2.12. The lowest BCUT2D eigenvalue weighted by molar-refractivity contribution is -0.0355. The molecular formula is C15H15N3O2. The van der Waals surface area contributed by atoms with Gasteiger partial charge < -0.3 is 4.42 Å². The van der Waals surface area contributed by atoms with Crippen molar-refractivity contribution >= 4 is 11.5 Å². The van der Waals surface area contributed by atoms with Gasteiger partial charge in [0.25, 0.3) is 0 Å². The van der Waals surface area contributed by atoms with Crippen molar-refractivity contribution in [3.63, 3.8) is 0 Å². The second-order valence-electron chi connectivity index (χ2n) is 4.52. The molecule has 102 valence electrons. The zero-order chi connectivity index (χ0) is 13.9. The molecule has 0 radical (unpaired) electrons. The number of rotatable bonds is 3. The van der Waals surface area contributed by atoms with Crippen LogP contribution in [0.5, 0.6) is 0 Å². The van der Waals surface area contributed by atoms with Crippen LogP contribution in [0.1, 0.15) is 24.7 Å². The molecule has 1 aliphatic heterocycles. The Kier molecular flexibility index (Phi) is 3.35. The molecule has 0 saturated heterocycles. The van der Waals surface area contributed by atoms with Crippen LogP contribution in [0.3, 0.4) is 0 Å². The second kappa shape index (κ2) is 5.30. The highest BCUT2D eigenvalue weighted by Gasteiger charge is 2.30. The van der Waals surface area contributed by atoms with Gasteiger partial charge in [0.05, 0.1) is 12.0 Å². The SMILES string of the molecule is CCC1C(c2ccccc2)=NN=C(c2ccco2)N1O. The van der Waals surface area contributed by atoms with E-state index in [4.69, 9.17) is 4.42 Å². The van der Waals surface area contributed by atoms with Gasteiger partial charge in [-0.25, -0.2) is 5.06 Å². The fourth-order valence-electron chi connectivity index (χ4n) is 2.27. The van der Waals surface area contributed by atoms with Crippen molar-refractivity contribution in [1.82, 2.24) is 5.06 Å². The van der Waals surface area contributed by atoms with E-state index in [2.05, 4.69) is 10.2 Å². The van der Waals surface area contributed by atoms with E-state index in [0.29, 0.717) is 18.0 Å². The molecule has 20 heavy (non-hydrogen) atoms. The van der Waals surface area contributed by atoms with Crippen molar-refractivity contribution in [2.24, 2.45) is 10.2 Å². The van der Waals surface area contributed by atoms with E-state index in [0.717, 1.165) is 16.3 Å². The molecule has 0 bridgehead atoms. The van der Waals surface area contributed by atoms with Crippen LogP contribution in [0.25, 0.3) is 0 Å². The van der Waals surface area contributed by atoms with E-state index in [1.54, 1.807) is 18.4 Å². The number of nitrogens with zero attached hydrogens (tertiary/aromatic N) is 3. The number of benzene rings is 1. The Morgan fingerprint density at radius 2 is 1.95 bits per heavy atom. The van der Waals surface area contributed by atoms with E-state index < -0.39 is 0 Å². The molecule has 1 aliphatic rings. The maximum Gasteiger partial charge on any atom is 0.218 e. The van der Waals surface area contributed by atoms with Gasteiger partial charge in [-0.3, -0.25) is 5.21 Å². The lowest BCUT2D eigenvalue weighted by Crippen LogP contribution is -2.45. The first kappa shape index (κ1) is 12.6. The molecule has 0 amide bonds. The van der Waals surface area contributed by atoms with E-state index >= 15 is 0 Å². The average Bonchev–Trinajstić information content (AvgIpc) is 3.02. The summed E-state index contributed by atoms with van der Waals surface area (Å²) in [4.78, 5) is 0. The van der Waals surface area contributed by atoms with Crippen molar-refractivity contribution in [3.05, 3.63) is 60.1 Å². The topological polar surface area (TPSA) is 61.3 Å². The summed E-state index contributed by atoms with van der Waals surface area (Å²) in [7, 11) is 0. The molecule has 1 aromatic carbocycles. The molecule has 1 N–H and O–H groups in total. The monoisotopic (exact) mass is 269 g/mol. The van der Waals surface area contributed by atoms with Crippen molar-refractivity contribution in [1.29, 1.82) is 0 Å². The fourth-order valence-corrected chi connectivity index (χ4v) is 2.27. The second-order valence-corrected chi connectivity index (χ2v) is 4.52. The van der Waals surface area contributed by atoms with Gasteiger partial charge in [-0.1, -0.05) is 37.3 Å². The Hall–Kier alpha value is -2.40. The first-order valence-corrected chi connectivity index (χ1v) is 6.54. The molecule has 3 rings (SSSR count). The normalized spacial score (nSPS) is 18.7. The Bertz CT molecular complexity index is 632. The van der Waals surface area contributed by atoms with Gasteiger partial charge in [0, 0.05) is 5.56 Å². The van der Waals surface area contributed by atoms with Gasteiger partial charge >= 0.3 is 0 Å². The maximum absolute atomic E-state index is 10.4. The summed E-state index contributed by atoms with van der Waals surface area (Å²) in [5.41, 5.74) is 1.71. The van der Waals surface area contributed by atoms with Crippen molar-refractivity contribution < 1.29 is 9.62 Å². The van der Waals surface area contributed by atoms with Gasteiger partial charge in [-0.05, 0) is 18.6 Å². The first-order chi connectivity index (χ1) is 9.81. The minimum Gasteiger partial charge on any atom is -0.461 e. The lowest BCUT2D eigenvalue weighted by atomic mass is 10.00. The van der Waals surface area contributed by atoms with Gasteiger partial charge in [-0.2, -0.15) is 5.10 Å². The van der Waals surface area contributed by atoms with Crippen LogP contribution in [0, 0.1) is 0 Å². The van der Waals surface area contributed by atoms with Crippen molar-refractivity contribution in [3.8, 4) is 0 Å². The van der Waals surface area contributed by atoms with Crippen LogP contribution in [0.15, 0.2) is 63.3 Å². The molecule has 0 spiro atoms. The molecule has 0 fully saturated rings. The standard InChI is InChI=1S/C15H15N3O2/c1-2-12-14(11-7-4-3-5-8-11)16-17-15(18(12)19)13-9-6-10-20-13/h3-10,12,19H,2H2,1H3. The fraction of sp³-hybridized carbons (Fsp3) is 0.200.